The van der Waals surface area contributed by atoms with Crippen LogP contribution in [0.5, 0.6) is 0 Å². The summed E-state index contributed by atoms with van der Waals surface area (Å²) < 4.78 is 0. The summed E-state index contributed by atoms with van der Waals surface area (Å²) in [6, 6.07) is 30.4. The number of hydrogen-bond acceptors (Lipinski definition) is 0. The van der Waals surface area contributed by atoms with Gasteiger partial charge in [0.05, 0.1) is 0 Å². The molecule has 0 bridgehead atoms. The molecule has 3 saturated carbocycles. The minimum Gasteiger partial charge on any atom is -0.0654 e. The first-order chi connectivity index (χ1) is 32.2. The fourth-order valence-electron chi connectivity index (χ4n) is 11.3. The molecule has 2 atom stereocenters. The van der Waals surface area contributed by atoms with Crippen LogP contribution in [0.4, 0.5) is 0 Å². The van der Waals surface area contributed by atoms with Crippen molar-refractivity contribution in [2.75, 3.05) is 0 Å². The number of rotatable bonds is 10. The maximum atomic E-state index is 2.46. The summed E-state index contributed by atoms with van der Waals surface area (Å²) in [6.07, 6.45) is 28.9. The third-order valence-corrected chi connectivity index (χ3v) is 16.1. The second-order valence-corrected chi connectivity index (χ2v) is 24.2. The molecule has 0 amide bonds. The average molecular weight is 934 g/mol. The lowest BCUT2D eigenvalue weighted by atomic mass is 9.60. The predicted octanol–water partition coefficient (Wildman–Crippen LogP) is 22.5. The molecule has 0 spiro atoms. The highest BCUT2D eigenvalue weighted by atomic mass is 14.4. The van der Waals surface area contributed by atoms with Gasteiger partial charge in [0.15, 0.2) is 0 Å². The molecule has 0 radical (unpaired) electrons. The molecule has 0 heteroatoms. The Kier molecular flexibility index (Phi) is 29.3. The first-order valence-electron chi connectivity index (χ1n) is 28.4. The van der Waals surface area contributed by atoms with Crippen molar-refractivity contribution in [1.82, 2.24) is 0 Å². The van der Waals surface area contributed by atoms with E-state index in [4.69, 9.17) is 0 Å². The van der Waals surface area contributed by atoms with Crippen molar-refractivity contribution in [3.05, 3.63) is 141 Å². The summed E-state index contributed by atoms with van der Waals surface area (Å²) in [4.78, 5) is 0. The molecule has 388 valence electrons. The van der Waals surface area contributed by atoms with E-state index in [9.17, 15) is 0 Å². The third kappa shape index (κ3) is 26.2. The van der Waals surface area contributed by atoms with Crippen molar-refractivity contribution in [2.24, 2.45) is 40.4 Å². The first-order valence-corrected chi connectivity index (χ1v) is 28.4. The molecule has 2 unspecified atom stereocenters. The van der Waals surface area contributed by atoms with E-state index in [0.29, 0.717) is 10.8 Å². The molecule has 0 nitrogen and oxygen atoms in total. The van der Waals surface area contributed by atoms with E-state index in [0.717, 1.165) is 36.0 Å². The Morgan fingerprint density at radius 3 is 1.24 bits per heavy atom. The SMILES string of the molecule is CC1CCC(CC2CCC(C)CC2)CC1.CCC1(C)CC(C)CC(C)(C)C1.CCCCCCCC.Cc1ccc(C)c(C)c1.Cc1ccc(Cc2ccc(C)cc2)cc1.Cc1cccc(C)c1C.[HH].[HH].[HH]. The molecular formula is C68H116. The Balaban J connectivity index is 0. The molecule has 3 aliphatic carbocycles. The Morgan fingerprint density at radius 2 is 0.882 bits per heavy atom. The minimum atomic E-state index is 0. The maximum Gasteiger partial charge on any atom is 0 e. The molecule has 7 rings (SSSR count). The van der Waals surface area contributed by atoms with Gasteiger partial charge in [0, 0.05) is 4.28 Å². The van der Waals surface area contributed by atoms with Crippen LogP contribution in [0.25, 0.3) is 0 Å². The van der Waals surface area contributed by atoms with Gasteiger partial charge >= 0.3 is 0 Å². The number of hydrogen-bond donors (Lipinski definition) is 0. The van der Waals surface area contributed by atoms with Crippen LogP contribution < -0.4 is 0 Å². The molecule has 68 heavy (non-hydrogen) atoms. The standard InChI is InChI=1S/C15H28.C15H16.C12H24.2C9H12.C8H18.3H2/c2*1-12-3-7-14(8-4-12)11-15-9-5-13(2)6-10-15;1-6-12(5)8-10(2)7-11(3,4)9-12;1-7-4-5-8(2)9(3)6-7;1-7-5-4-6-8(2)9(7)3;1-3-5-7-8-6-4-2;;;/h12-15H,3-11H2,1-2H3;3-10H,11H2,1-2H3;10H,6-9H2,1-5H3;2*4-6H,1-3H3;3-8H2,1-2H3;3*1H. The lowest BCUT2D eigenvalue weighted by molar-refractivity contribution is 0.0581. The minimum absolute atomic E-state index is 0. The second-order valence-electron chi connectivity index (χ2n) is 24.2. The van der Waals surface area contributed by atoms with Gasteiger partial charge in [0.2, 0.25) is 0 Å². The van der Waals surface area contributed by atoms with Gasteiger partial charge in [-0.25, -0.2) is 0 Å². The molecular weight excluding hydrogens is 817 g/mol. The zero-order valence-electron chi connectivity index (χ0n) is 48.1. The van der Waals surface area contributed by atoms with Gasteiger partial charge in [-0.3, -0.25) is 0 Å². The fraction of sp³-hybridized carbons (Fsp3) is 0.647. The fourth-order valence-corrected chi connectivity index (χ4v) is 11.3. The van der Waals surface area contributed by atoms with Crippen molar-refractivity contribution in [3.8, 4) is 0 Å². The summed E-state index contributed by atoms with van der Waals surface area (Å²) in [5.41, 5.74) is 14.9. The molecule has 4 aromatic rings. The smallest absolute Gasteiger partial charge is 0 e. The number of aryl methyl sites for hydroxylation is 7. The van der Waals surface area contributed by atoms with Crippen LogP contribution in [0, 0.1) is 95.8 Å². The summed E-state index contributed by atoms with van der Waals surface area (Å²) in [5.74, 6) is 5.16. The zero-order chi connectivity index (χ0) is 50.7. The van der Waals surface area contributed by atoms with Crippen LogP contribution in [0.2, 0.25) is 0 Å². The highest BCUT2D eigenvalue weighted by Crippen LogP contribution is 2.50. The van der Waals surface area contributed by atoms with Crippen molar-refractivity contribution < 1.29 is 4.28 Å². The van der Waals surface area contributed by atoms with Gasteiger partial charge in [-0.1, -0.05) is 260 Å². The quantitative estimate of drug-likeness (QED) is 0.139. The van der Waals surface area contributed by atoms with E-state index >= 15 is 0 Å². The third-order valence-electron chi connectivity index (χ3n) is 16.1. The van der Waals surface area contributed by atoms with Crippen LogP contribution in [-0.4, -0.2) is 0 Å². The van der Waals surface area contributed by atoms with Crippen LogP contribution in [0.1, 0.15) is 244 Å². The van der Waals surface area contributed by atoms with Crippen LogP contribution >= 0.6 is 0 Å². The van der Waals surface area contributed by atoms with Crippen molar-refractivity contribution in [2.45, 2.75) is 246 Å². The predicted molar refractivity (Wildman–Crippen MR) is 314 cm³/mol. The Bertz CT molecular complexity index is 1800. The topological polar surface area (TPSA) is 0 Å². The zero-order valence-corrected chi connectivity index (χ0v) is 48.1. The van der Waals surface area contributed by atoms with E-state index in [1.807, 2.05) is 0 Å². The summed E-state index contributed by atoms with van der Waals surface area (Å²) in [5, 5.41) is 0. The monoisotopic (exact) mass is 933 g/mol. The van der Waals surface area contributed by atoms with E-state index in [1.165, 1.54) is 171 Å². The van der Waals surface area contributed by atoms with Gasteiger partial charge in [0.25, 0.3) is 0 Å². The van der Waals surface area contributed by atoms with Crippen LogP contribution in [0.15, 0.2) is 84.9 Å². The maximum absolute atomic E-state index is 2.46. The number of benzene rings is 4. The number of unbranched alkanes of at least 4 members (excludes halogenated alkanes) is 5. The Hall–Kier alpha value is -3.12. The van der Waals surface area contributed by atoms with E-state index in [-0.39, 0.29) is 4.28 Å². The second kappa shape index (κ2) is 32.7. The molecule has 0 heterocycles. The van der Waals surface area contributed by atoms with Crippen LogP contribution in [-0.2, 0) is 6.42 Å². The summed E-state index contributed by atoms with van der Waals surface area (Å²) >= 11 is 0. The van der Waals surface area contributed by atoms with Crippen molar-refractivity contribution >= 4 is 0 Å². The van der Waals surface area contributed by atoms with Crippen LogP contribution in [0.3, 0.4) is 0 Å². The van der Waals surface area contributed by atoms with Gasteiger partial charge < -0.3 is 0 Å². The highest BCUT2D eigenvalue weighted by Gasteiger charge is 2.38. The molecule has 0 aliphatic heterocycles. The largest absolute Gasteiger partial charge is 0.0654 e. The van der Waals surface area contributed by atoms with E-state index in [2.05, 4.69) is 203 Å². The Labute approximate surface area is 429 Å². The van der Waals surface area contributed by atoms with E-state index in [1.54, 1.807) is 6.42 Å². The highest BCUT2D eigenvalue weighted by molar-refractivity contribution is 5.32. The van der Waals surface area contributed by atoms with Crippen molar-refractivity contribution in [1.29, 1.82) is 0 Å². The van der Waals surface area contributed by atoms with Crippen molar-refractivity contribution in [3.63, 3.8) is 0 Å². The van der Waals surface area contributed by atoms with Gasteiger partial charge in [-0.05, 0) is 167 Å². The summed E-state index contributed by atoms with van der Waals surface area (Å²) in [7, 11) is 0. The molecule has 0 N–H and O–H groups in total. The normalized spacial score (nSPS) is 22.7. The molecule has 3 aliphatic rings. The average Bonchev–Trinajstić information content (AvgIpc) is 3.29. The van der Waals surface area contributed by atoms with Gasteiger partial charge in [0.1, 0.15) is 0 Å². The van der Waals surface area contributed by atoms with Gasteiger partial charge in [-0.15, -0.1) is 0 Å². The van der Waals surface area contributed by atoms with E-state index < -0.39 is 0 Å². The lowest BCUT2D eigenvalue weighted by Gasteiger charge is -2.45. The lowest BCUT2D eigenvalue weighted by Crippen LogP contribution is -2.34. The Morgan fingerprint density at radius 1 is 0.456 bits per heavy atom. The first kappa shape index (κ1) is 61.0. The molecule has 3 fully saturated rings. The summed E-state index contributed by atoms with van der Waals surface area (Å²) in [6.45, 7) is 38.5. The molecule has 4 aromatic carbocycles. The molecule has 0 aromatic heterocycles. The molecule has 0 saturated heterocycles. The van der Waals surface area contributed by atoms with Gasteiger partial charge in [-0.2, -0.15) is 0 Å².